The molecule has 3 N–H and O–H groups in total. The highest BCUT2D eigenvalue weighted by Crippen LogP contribution is 2.27. The number of phenolic OH excluding ortho intramolecular Hbond substituents is 1. The van der Waals surface area contributed by atoms with Crippen LogP contribution in [0.5, 0.6) is 5.75 Å². The van der Waals surface area contributed by atoms with E-state index in [0.717, 1.165) is 0 Å². The molecule has 0 amide bonds. The first kappa shape index (κ1) is 8.84. The lowest BCUT2D eigenvalue weighted by molar-refractivity contribution is 0.422. The maximum absolute atomic E-state index is 12.2. The van der Waals surface area contributed by atoms with Gasteiger partial charge < -0.3 is 10.8 Å². The first-order valence-electron chi connectivity index (χ1n) is 3.79. The number of hydrogen-bond acceptors (Lipinski definition) is 2. The minimum atomic E-state index is -0.489. The summed E-state index contributed by atoms with van der Waals surface area (Å²) in [4.78, 5) is 0. The number of rotatable bonds is 2. The molecule has 12 heavy (non-hydrogen) atoms. The predicted octanol–water partition coefficient (Wildman–Crippen LogP) is 2.05. The Bertz CT molecular complexity index is 275. The van der Waals surface area contributed by atoms with Crippen molar-refractivity contribution in [3.05, 3.63) is 23.8 Å². The van der Waals surface area contributed by atoms with Gasteiger partial charge in [0.1, 0.15) is 5.75 Å². The van der Waals surface area contributed by atoms with E-state index in [9.17, 15) is 9.50 Å². The molecule has 1 aromatic carbocycles. The second-order valence-corrected chi connectivity index (χ2v) is 2.87. The van der Waals surface area contributed by atoms with E-state index >= 15 is 0 Å². The Balaban J connectivity index is 3.04. The Morgan fingerprint density at radius 3 is 2.83 bits per heavy atom. The summed E-state index contributed by atoms with van der Waals surface area (Å²) in [7, 11) is 0. The van der Waals surface area contributed by atoms with E-state index in [2.05, 4.69) is 0 Å². The predicted molar refractivity (Wildman–Crippen MR) is 46.9 cm³/mol. The second kappa shape index (κ2) is 3.43. The molecule has 3 heteroatoms. The molecular formula is C9H12FNO. The molecule has 1 atom stereocenters. The third kappa shape index (κ3) is 1.67. The summed E-state index contributed by atoms with van der Waals surface area (Å²) in [6.45, 7) is 1.21. The van der Waals surface area contributed by atoms with Crippen LogP contribution in [0.25, 0.3) is 0 Å². The number of anilines is 1. The zero-order chi connectivity index (χ0) is 9.14. The van der Waals surface area contributed by atoms with Crippen molar-refractivity contribution in [2.45, 2.75) is 12.8 Å². The van der Waals surface area contributed by atoms with Crippen LogP contribution < -0.4 is 5.73 Å². The van der Waals surface area contributed by atoms with E-state index in [1.165, 1.54) is 6.07 Å². The van der Waals surface area contributed by atoms with E-state index in [1.807, 2.05) is 0 Å². The van der Waals surface area contributed by atoms with Crippen molar-refractivity contribution in [1.29, 1.82) is 0 Å². The number of alkyl halides is 1. The number of nitrogens with two attached hydrogens (primary N) is 1. The summed E-state index contributed by atoms with van der Waals surface area (Å²) in [5.41, 5.74) is 6.60. The van der Waals surface area contributed by atoms with E-state index in [0.29, 0.717) is 11.3 Å². The van der Waals surface area contributed by atoms with Gasteiger partial charge in [-0.1, -0.05) is 6.92 Å². The highest BCUT2D eigenvalue weighted by Gasteiger charge is 2.09. The maximum Gasteiger partial charge on any atom is 0.119 e. The monoisotopic (exact) mass is 169 g/mol. The standard InChI is InChI=1S/C9H12FNO/c1-6(5-10)8-4-7(11)2-3-9(8)12/h2-4,6,12H,5,11H2,1H3. The molecule has 66 valence electrons. The Hall–Kier alpha value is -1.25. The fraction of sp³-hybridized carbons (Fsp3) is 0.333. The molecular weight excluding hydrogens is 157 g/mol. The fourth-order valence-corrected chi connectivity index (χ4v) is 1.05. The van der Waals surface area contributed by atoms with Gasteiger partial charge in [-0.15, -0.1) is 0 Å². The lowest BCUT2D eigenvalue weighted by Gasteiger charge is -2.09. The summed E-state index contributed by atoms with van der Waals surface area (Å²) in [5, 5.41) is 9.31. The van der Waals surface area contributed by atoms with Gasteiger partial charge in [-0.25, -0.2) is 0 Å². The fourth-order valence-electron chi connectivity index (χ4n) is 1.05. The molecule has 0 aromatic heterocycles. The number of nitrogen functional groups attached to an aromatic ring is 1. The lowest BCUT2D eigenvalue weighted by Crippen LogP contribution is -1.97. The minimum absolute atomic E-state index is 0.106. The van der Waals surface area contributed by atoms with Crippen LogP contribution in [0.1, 0.15) is 18.4 Å². The van der Waals surface area contributed by atoms with E-state index in [4.69, 9.17) is 5.73 Å². The van der Waals surface area contributed by atoms with E-state index < -0.39 is 6.67 Å². The normalized spacial score (nSPS) is 12.8. The molecule has 0 fully saturated rings. The number of phenols is 1. The molecule has 2 nitrogen and oxygen atoms in total. The van der Waals surface area contributed by atoms with Crippen LogP contribution in [-0.2, 0) is 0 Å². The summed E-state index contributed by atoms with van der Waals surface area (Å²) < 4.78 is 12.2. The topological polar surface area (TPSA) is 46.2 Å². The molecule has 0 aliphatic rings. The van der Waals surface area contributed by atoms with Crippen molar-refractivity contribution in [2.24, 2.45) is 0 Å². The first-order valence-corrected chi connectivity index (χ1v) is 3.79. The van der Waals surface area contributed by atoms with Gasteiger partial charge in [0, 0.05) is 17.2 Å². The molecule has 0 saturated carbocycles. The summed E-state index contributed by atoms with van der Waals surface area (Å²) in [5.74, 6) is -0.192. The van der Waals surface area contributed by atoms with Gasteiger partial charge in [0.2, 0.25) is 0 Å². The quantitative estimate of drug-likeness (QED) is 0.525. The molecule has 0 aliphatic carbocycles. The Labute approximate surface area is 70.8 Å². The third-order valence-electron chi connectivity index (χ3n) is 1.81. The summed E-state index contributed by atoms with van der Waals surface area (Å²) >= 11 is 0. The van der Waals surface area contributed by atoms with Crippen LogP contribution in [0.4, 0.5) is 10.1 Å². The van der Waals surface area contributed by atoms with Crippen molar-refractivity contribution in [3.8, 4) is 5.75 Å². The average Bonchev–Trinajstić information content (AvgIpc) is 2.08. The van der Waals surface area contributed by atoms with Gasteiger partial charge in [-0.05, 0) is 18.2 Å². The summed E-state index contributed by atoms with van der Waals surface area (Å²) in [6.07, 6.45) is 0. The maximum atomic E-state index is 12.2. The van der Waals surface area contributed by atoms with Gasteiger partial charge in [-0.3, -0.25) is 4.39 Å². The molecule has 1 aromatic rings. The Morgan fingerprint density at radius 1 is 1.58 bits per heavy atom. The average molecular weight is 169 g/mol. The Morgan fingerprint density at radius 2 is 2.25 bits per heavy atom. The van der Waals surface area contributed by atoms with E-state index in [1.54, 1.807) is 19.1 Å². The van der Waals surface area contributed by atoms with Gasteiger partial charge in [0.15, 0.2) is 0 Å². The summed E-state index contributed by atoms with van der Waals surface area (Å²) in [6, 6.07) is 4.67. The van der Waals surface area contributed by atoms with Gasteiger partial charge in [0.25, 0.3) is 0 Å². The molecule has 0 spiro atoms. The second-order valence-electron chi connectivity index (χ2n) is 2.87. The van der Waals surface area contributed by atoms with Crippen molar-refractivity contribution in [1.82, 2.24) is 0 Å². The van der Waals surface area contributed by atoms with Crippen molar-refractivity contribution in [3.63, 3.8) is 0 Å². The zero-order valence-corrected chi connectivity index (χ0v) is 6.92. The van der Waals surface area contributed by atoms with Gasteiger partial charge >= 0.3 is 0 Å². The van der Waals surface area contributed by atoms with Crippen LogP contribution in [0.2, 0.25) is 0 Å². The third-order valence-corrected chi connectivity index (χ3v) is 1.81. The van der Waals surface area contributed by atoms with Crippen LogP contribution in [0.3, 0.4) is 0 Å². The van der Waals surface area contributed by atoms with Crippen LogP contribution >= 0.6 is 0 Å². The van der Waals surface area contributed by atoms with Crippen LogP contribution in [0, 0.1) is 0 Å². The SMILES string of the molecule is CC(CF)c1cc(N)ccc1O. The smallest absolute Gasteiger partial charge is 0.119 e. The Kier molecular flexibility index (Phi) is 2.53. The van der Waals surface area contributed by atoms with Crippen molar-refractivity contribution >= 4 is 5.69 Å². The molecule has 0 aliphatic heterocycles. The van der Waals surface area contributed by atoms with Crippen LogP contribution in [0.15, 0.2) is 18.2 Å². The zero-order valence-electron chi connectivity index (χ0n) is 6.92. The van der Waals surface area contributed by atoms with Crippen molar-refractivity contribution < 1.29 is 9.50 Å². The largest absolute Gasteiger partial charge is 0.508 e. The van der Waals surface area contributed by atoms with Gasteiger partial charge in [-0.2, -0.15) is 0 Å². The molecule has 0 radical (unpaired) electrons. The van der Waals surface area contributed by atoms with E-state index in [-0.39, 0.29) is 11.7 Å². The first-order chi connectivity index (χ1) is 5.65. The van der Waals surface area contributed by atoms with Crippen molar-refractivity contribution in [2.75, 3.05) is 12.4 Å². The number of halogens is 1. The molecule has 0 heterocycles. The lowest BCUT2D eigenvalue weighted by atomic mass is 10.0. The number of aromatic hydroxyl groups is 1. The molecule has 1 unspecified atom stereocenters. The van der Waals surface area contributed by atoms with Crippen LogP contribution in [-0.4, -0.2) is 11.8 Å². The minimum Gasteiger partial charge on any atom is -0.508 e. The van der Waals surface area contributed by atoms with Gasteiger partial charge in [0.05, 0.1) is 6.67 Å². The highest BCUT2D eigenvalue weighted by molar-refractivity contribution is 5.48. The number of hydrogen-bond donors (Lipinski definition) is 2. The number of benzene rings is 1. The molecule has 0 bridgehead atoms. The highest BCUT2D eigenvalue weighted by atomic mass is 19.1. The molecule has 0 saturated heterocycles. The molecule has 1 rings (SSSR count).